The highest BCUT2D eigenvalue weighted by atomic mass is 16.6. The average molecular weight is 293 g/mol. The molecule has 7 nitrogen and oxygen atoms in total. The van der Waals surface area contributed by atoms with Gasteiger partial charge in [0.05, 0.1) is 4.92 Å². The van der Waals surface area contributed by atoms with Crippen molar-refractivity contribution in [3.05, 3.63) is 27.9 Å². The number of nitrogens with zero attached hydrogens (tertiary/aromatic N) is 2. The Bertz CT molecular complexity index is 547. The van der Waals surface area contributed by atoms with Gasteiger partial charge in [-0.2, -0.15) is 0 Å². The van der Waals surface area contributed by atoms with Gasteiger partial charge in [-0.1, -0.05) is 19.8 Å². The van der Waals surface area contributed by atoms with Crippen LogP contribution in [0.25, 0.3) is 0 Å². The largest absolute Gasteiger partial charge is 0.477 e. The van der Waals surface area contributed by atoms with Crippen LogP contribution in [-0.4, -0.2) is 27.5 Å². The second kappa shape index (κ2) is 6.51. The lowest BCUT2D eigenvalue weighted by Gasteiger charge is -2.26. The first-order valence-corrected chi connectivity index (χ1v) is 7.09. The highest BCUT2D eigenvalue weighted by Gasteiger charge is 2.22. The monoisotopic (exact) mass is 293 g/mol. The van der Waals surface area contributed by atoms with Crippen LogP contribution in [0, 0.1) is 22.0 Å². The molecule has 1 saturated carbocycles. The van der Waals surface area contributed by atoms with Gasteiger partial charge in [0.15, 0.2) is 0 Å². The van der Waals surface area contributed by atoms with Crippen molar-refractivity contribution in [1.29, 1.82) is 0 Å². The SMILES string of the molecule is CC1CCCC(CNc2cc(C(=O)O)c([N+](=O)[O-])cn2)C1. The molecule has 0 saturated heterocycles. The summed E-state index contributed by atoms with van der Waals surface area (Å²) >= 11 is 0. The van der Waals surface area contributed by atoms with Gasteiger partial charge >= 0.3 is 11.7 Å². The Morgan fingerprint density at radius 1 is 1.57 bits per heavy atom. The first kappa shape index (κ1) is 15.2. The van der Waals surface area contributed by atoms with Crippen molar-refractivity contribution in [2.45, 2.75) is 32.6 Å². The summed E-state index contributed by atoms with van der Waals surface area (Å²) in [5.41, 5.74) is -0.825. The minimum Gasteiger partial charge on any atom is -0.477 e. The maximum absolute atomic E-state index is 11.1. The van der Waals surface area contributed by atoms with E-state index in [1.54, 1.807) is 0 Å². The lowest BCUT2D eigenvalue weighted by atomic mass is 9.82. The van der Waals surface area contributed by atoms with Gasteiger partial charge in [-0.25, -0.2) is 9.78 Å². The Morgan fingerprint density at radius 2 is 2.33 bits per heavy atom. The fraction of sp³-hybridized carbons (Fsp3) is 0.571. The molecule has 1 aromatic rings. The summed E-state index contributed by atoms with van der Waals surface area (Å²) in [7, 11) is 0. The predicted molar refractivity (Wildman–Crippen MR) is 77.5 cm³/mol. The zero-order valence-corrected chi connectivity index (χ0v) is 11.9. The lowest BCUT2D eigenvalue weighted by molar-refractivity contribution is -0.385. The van der Waals surface area contributed by atoms with E-state index in [4.69, 9.17) is 5.11 Å². The normalized spacial score (nSPS) is 21.8. The van der Waals surface area contributed by atoms with Gasteiger partial charge in [-0.3, -0.25) is 10.1 Å². The average Bonchev–Trinajstić information content (AvgIpc) is 2.44. The molecule has 7 heteroatoms. The molecule has 2 unspecified atom stereocenters. The molecule has 0 aromatic carbocycles. The minimum atomic E-state index is -1.32. The number of carbonyl (C=O) groups is 1. The van der Waals surface area contributed by atoms with Gasteiger partial charge in [0.1, 0.15) is 17.6 Å². The number of carboxylic acid groups (broad SMARTS) is 1. The number of aromatic nitrogens is 1. The van der Waals surface area contributed by atoms with Crippen molar-refractivity contribution in [1.82, 2.24) is 4.98 Å². The summed E-state index contributed by atoms with van der Waals surface area (Å²) in [6.45, 7) is 2.95. The smallest absolute Gasteiger partial charge is 0.342 e. The van der Waals surface area contributed by atoms with Crippen molar-refractivity contribution < 1.29 is 14.8 Å². The van der Waals surface area contributed by atoms with Crippen LogP contribution in [0.4, 0.5) is 11.5 Å². The third-order valence-electron chi connectivity index (χ3n) is 3.93. The molecule has 21 heavy (non-hydrogen) atoms. The van der Waals surface area contributed by atoms with Crippen LogP contribution in [0.15, 0.2) is 12.3 Å². The van der Waals surface area contributed by atoms with Crippen molar-refractivity contribution in [2.75, 3.05) is 11.9 Å². The maximum atomic E-state index is 11.1. The Kier molecular flexibility index (Phi) is 4.72. The second-order valence-electron chi connectivity index (χ2n) is 5.67. The van der Waals surface area contributed by atoms with E-state index in [2.05, 4.69) is 17.2 Å². The fourth-order valence-corrected chi connectivity index (χ4v) is 2.86. The van der Waals surface area contributed by atoms with Gasteiger partial charge < -0.3 is 10.4 Å². The first-order valence-electron chi connectivity index (χ1n) is 7.09. The Morgan fingerprint density at radius 3 is 2.95 bits per heavy atom. The summed E-state index contributed by atoms with van der Waals surface area (Å²) in [6, 6.07) is 1.23. The summed E-state index contributed by atoms with van der Waals surface area (Å²) in [5, 5.41) is 22.9. The molecule has 2 N–H and O–H groups in total. The maximum Gasteiger partial charge on any atom is 0.342 e. The molecule has 1 aliphatic rings. The van der Waals surface area contributed by atoms with Crippen LogP contribution in [0.2, 0.25) is 0 Å². The third-order valence-corrected chi connectivity index (χ3v) is 3.93. The van der Waals surface area contributed by atoms with Crippen molar-refractivity contribution in [3.8, 4) is 0 Å². The zero-order valence-electron chi connectivity index (χ0n) is 11.9. The number of pyridine rings is 1. The number of hydrogen-bond donors (Lipinski definition) is 2. The predicted octanol–water partition coefficient (Wildman–Crippen LogP) is 2.93. The van der Waals surface area contributed by atoms with Gasteiger partial charge in [0, 0.05) is 12.6 Å². The van der Waals surface area contributed by atoms with Crippen LogP contribution < -0.4 is 5.32 Å². The molecule has 1 aliphatic carbocycles. The summed E-state index contributed by atoms with van der Waals surface area (Å²) < 4.78 is 0. The Labute approximate surface area is 122 Å². The lowest BCUT2D eigenvalue weighted by Crippen LogP contribution is -2.21. The van der Waals surface area contributed by atoms with E-state index < -0.39 is 16.6 Å². The first-order chi connectivity index (χ1) is 9.97. The molecule has 1 fully saturated rings. The van der Waals surface area contributed by atoms with Crippen LogP contribution in [-0.2, 0) is 0 Å². The molecule has 0 spiro atoms. The number of carboxylic acids is 1. The molecule has 2 atom stereocenters. The molecular formula is C14H19N3O4. The van der Waals surface area contributed by atoms with E-state index >= 15 is 0 Å². The Hall–Kier alpha value is -2.18. The summed E-state index contributed by atoms with van der Waals surface area (Å²) in [4.78, 5) is 25.0. The molecule has 0 radical (unpaired) electrons. The van der Waals surface area contributed by atoms with E-state index in [0.717, 1.165) is 19.0 Å². The van der Waals surface area contributed by atoms with Crippen LogP contribution in [0.1, 0.15) is 43.0 Å². The minimum absolute atomic E-state index is 0.338. The van der Waals surface area contributed by atoms with Crippen molar-refractivity contribution >= 4 is 17.5 Å². The van der Waals surface area contributed by atoms with E-state index in [1.165, 1.54) is 18.9 Å². The molecule has 0 amide bonds. The van der Waals surface area contributed by atoms with E-state index in [-0.39, 0.29) is 5.56 Å². The number of rotatable bonds is 5. The van der Waals surface area contributed by atoms with Crippen molar-refractivity contribution in [3.63, 3.8) is 0 Å². The number of aromatic carboxylic acids is 1. The van der Waals surface area contributed by atoms with E-state index in [1.807, 2.05) is 0 Å². The quantitative estimate of drug-likeness (QED) is 0.638. The van der Waals surface area contributed by atoms with Crippen LogP contribution >= 0.6 is 0 Å². The second-order valence-corrected chi connectivity index (χ2v) is 5.67. The summed E-state index contributed by atoms with van der Waals surface area (Å²) in [5.74, 6) is 0.304. The molecular weight excluding hydrogens is 274 g/mol. The number of nitro groups is 1. The third kappa shape index (κ3) is 3.90. The molecule has 1 aromatic heterocycles. The summed E-state index contributed by atoms with van der Waals surface area (Å²) in [6.07, 6.45) is 5.76. The van der Waals surface area contributed by atoms with Gasteiger partial charge in [-0.15, -0.1) is 0 Å². The van der Waals surface area contributed by atoms with Crippen molar-refractivity contribution in [2.24, 2.45) is 11.8 Å². The Balaban J connectivity index is 2.05. The van der Waals surface area contributed by atoms with Gasteiger partial charge in [0.25, 0.3) is 0 Å². The van der Waals surface area contributed by atoms with Crippen LogP contribution in [0.5, 0.6) is 0 Å². The highest BCUT2D eigenvalue weighted by molar-refractivity contribution is 5.93. The van der Waals surface area contributed by atoms with Gasteiger partial charge in [0.2, 0.25) is 0 Å². The van der Waals surface area contributed by atoms with Gasteiger partial charge in [-0.05, 0) is 24.7 Å². The standard InChI is InChI=1S/C14H19N3O4/c1-9-3-2-4-10(5-9)7-15-13-6-11(14(18)19)12(8-16-13)17(20)21/h6,8-10H,2-5,7H2,1H3,(H,15,16)(H,18,19). The molecule has 114 valence electrons. The topological polar surface area (TPSA) is 105 Å². The van der Waals surface area contributed by atoms with E-state index in [9.17, 15) is 14.9 Å². The number of hydrogen-bond acceptors (Lipinski definition) is 5. The van der Waals surface area contributed by atoms with Crippen LogP contribution in [0.3, 0.4) is 0 Å². The number of nitrogens with one attached hydrogen (secondary N) is 1. The van der Waals surface area contributed by atoms with E-state index in [0.29, 0.717) is 24.2 Å². The number of anilines is 1. The molecule has 0 aliphatic heterocycles. The molecule has 1 heterocycles. The fourth-order valence-electron chi connectivity index (χ4n) is 2.86. The molecule has 2 rings (SSSR count). The zero-order chi connectivity index (χ0) is 15.4. The molecule has 0 bridgehead atoms. The highest BCUT2D eigenvalue weighted by Crippen LogP contribution is 2.29.